The molecule has 0 bridgehead atoms. The molecule has 1 aliphatic carbocycles. The third-order valence-electron chi connectivity index (χ3n) is 6.61. The van der Waals surface area contributed by atoms with Crippen molar-refractivity contribution in [3.8, 4) is 5.75 Å². The van der Waals surface area contributed by atoms with Gasteiger partial charge in [-0.15, -0.1) is 0 Å². The summed E-state index contributed by atoms with van der Waals surface area (Å²) in [6.45, 7) is 5.00. The van der Waals surface area contributed by atoms with Gasteiger partial charge in [-0.05, 0) is 42.7 Å². The number of nitrogens with one attached hydrogen (secondary N) is 2. The van der Waals surface area contributed by atoms with Gasteiger partial charge < -0.3 is 19.7 Å². The van der Waals surface area contributed by atoms with E-state index in [0.29, 0.717) is 12.2 Å². The molecule has 2 N–H and O–H groups in total. The van der Waals surface area contributed by atoms with Crippen LogP contribution in [0.25, 0.3) is 0 Å². The molecule has 0 aromatic heterocycles. The lowest BCUT2D eigenvalue weighted by Gasteiger charge is -2.45. The average molecular weight is 410 g/mol. The molecule has 1 heterocycles. The summed E-state index contributed by atoms with van der Waals surface area (Å²) >= 11 is 0. The number of carbonyl (C=O) groups is 1. The van der Waals surface area contributed by atoms with E-state index in [1.54, 1.807) is 4.90 Å². The van der Waals surface area contributed by atoms with Crippen LogP contribution in [0.1, 0.15) is 48.0 Å². The van der Waals surface area contributed by atoms with Crippen LogP contribution in [0, 0.1) is 0 Å². The quantitative estimate of drug-likeness (QED) is 0.739. The molecule has 0 atom stereocenters. The van der Waals surface area contributed by atoms with E-state index in [2.05, 4.69) is 5.32 Å². The van der Waals surface area contributed by atoms with Crippen molar-refractivity contribution in [1.29, 1.82) is 0 Å². The second kappa shape index (κ2) is 10.1. The first-order valence-corrected chi connectivity index (χ1v) is 11.2. The number of rotatable bonds is 7. The zero-order valence-corrected chi connectivity index (χ0v) is 17.7. The first kappa shape index (κ1) is 20.9. The highest BCUT2D eigenvalue weighted by molar-refractivity contribution is 5.94. The Morgan fingerprint density at radius 2 is 1.67 bits per heavy atom. The lowest BCUT2D eigenvalue weighted by Crippen LogP contribution is -3.23. The molecule has 5 nitrogen and oxygen atoms in total. The number of ether oxygens (including phenoxy) is 2. The normalized spacial score (nSPS) is 19.2. The second-order valence-corrected chi connectivity index (χ2v) is 8.54. The van der Waals surface area contributed by atoms with E-state index >= 15 is 0 Å². The minimum atomic E-state index is 0.0168. The molecule has 2 fully saturated rings. The van der Waals surface area contributed by atoms with Gasteiger partial charge in [-0.2, -0.15) is 0 Å². The van der Waals surface area contributed by atoms with Crippen molar-refractivity contribution in [2.45, 2.75) is 44.2 Å². The molecule has 30 heavy (non-hydrogen) atoms. The molecule has 2 aliphatic rings. The molecule has 1 aliphatic heterocycles. The second-order valence-electron chi connectivity index (χ2n) is 8.54. The van der Waals surface area contributed by atoms with Crippen molar-refractivity contribution in [3.05, 3.63) is 65.7 Å². The van der Waals surface area contributed by atoms with E-state index in [1.165, 1.54) is 32.1 Å². The van der Waals surface area contributed by atoms with E-state index in [1.807, 2.05) is 54.6 Å². The minimum absolute atomic E-state index is 0.0168. The molecule has 0 radical (unpaired) electrons. The topological polar surface area (TPSA) is 52.0 Å². The highest BCUT2D eigenvalue weighted by Gasteiger charge is 2.42. The Labute approximate surface area is 179 Å². The van der Waals surface area contributed by atoms with Gasteiger partial charge >= 0.3 is 0 Å². The van der Waals surface area contributed by atoms with E-state index in [9.17, 15) is 4.79 Å². The SMILES string of the molecule is O=C(NCC1([NH+]2CCOCC2)CCCCC1)c1ccc(COc2ccccc2)cc1. The monoisotopic (exact) mass is 409 g/mol. The van der Waals surface area contributed by atoms with E-state index < -0.39 is 0 Å². The van der Waals surface area contributed by atoms with Gasteiger partial charge in [0.25, 0.3) is 5.91 Å². The average Bonchev–Trinajstić information content (AvgIpc) is 2.83. The molecule has 4 rings (SSSR count). The van der Waals surface area contributed by atoms with E-state index in [4.69, 9.17) is 9.47 Å². The third kappa shape index (κ3) is 5.21. The van der Waals surface area contributed by atoms with Gasteiger partial charge in [-0.1, -0.05) is 36.8 Å². The van der Waals surface area contributed by atoms with Crippen LogP contribution >= 0.6 is 0 Å². The number of hydrogen-bond acceptors (Lipinski definition) is 3. The Bertz CT molecular complexity index is 795. The van der Waals surface area contributed by atoms with Crippen molar-refractivity contribution in [1.82, 2.24) is 5.32 Å². The third-order valence-corrected chi connectivity index (χ3v) is 6.61. The number of hydrogen-bond donors (Lipinski definition) is 2. The van der Waals surface area contributed by atoms with Crippen LogP contribution in [-0.4, -0.2) is 44.3 Å². The molecular weight excluding hydrogens is 376 g/mol. The molecule has 0 spiro atoms. The molecule has 0 unspecified atom stereocenters. The lowest BCUT2D eigenvalue weighted by atomic mass is 9.79. The fourth-order valence-corrected chi connectivity index (χ4v) is 4.82. The summed E-state index contributed by atoms with van der Waals surface area (Å²) in [6.07, 6.45) is 6.22. The van der Waals surface area contributed by atoms with Crippen molar-refractivity contribution in [3.63, 3.8) is 0 Å². The van der Waals surface area contributed by atoms with Crippen LogP contribution < -0.4 is 15.0 Å². The molecule has 2 aromatic rings. The lowest BCUT2D eigenvalue weighted by molar-refractivity contribution is -0.960. The smallest absolute Gasteiger partial charge is 0.251 e. The molecule has 2 aromatic carbocycles. The standard InChI is InChI=1S/C25H32N2O3/c28-24(22-11-9-21(10-12-22)19-30-23-7-3-1-4-8-23)26-20-25(13-5-2-6-14-25)27-15-17-29-18-16-27/h1,3-4,7-12H,2,5-6,13-20H2,(H,26,28)/p+1. The largest absolute Gasteiger partial charge is 0.489 e. The summed E-state index contributed by atoms with van der Waals surface area (Å²) < 4.78 is 11.4. The van der Waals surface area contributed by atoms with Crippen molar-refractivity contribution < 1.29 is 19.2 Å². The van der Waals surface area contributed by atoms with Crippen LogP contribution in [0.5, 0.6) is 5.75 Å². The molecule has 1 amide bonds. The number of para-hydroxylation sites is 1. The van der Waals surface area contributed by atoms with Crippen molar-refractivity contribution in [2.75, 3.05) is 32.8 Å². The Morgan fingerprint density at radius 3 is 2.37 bits per heavy atom. The van der Waals surface area contributed by atoms with Gasteiger partial charge in [0.2, 0.25) is 0 Å². The zero-order valence-electron chi connectivity index (χ0n) is 17.7. The highest BCUT2D eigenvalue weighted by atomic mass is 16.5. The number of quaternary nitrogens is 1. The number of amides is 1. The summed E-state index contributed by atoms with van der Waals surface area (Å²) in [4.78, 5) is 14.4. The maximum Gasteiger partial charge on any atom is 0.251 e. The van der Waals surface area contributed by atoms with Crippen LogP contribution in [0.15, 0.2) is 54.6 Å². The van der Waals surface area contributed by atoms with Gasteiger partial charge in [0.15, 0.2) is 0 Å². The van der Waals surface area contributed by atoms with E-state index in [0.717, 1.165) is 44.2 Å². The van der Waals surface area contributed by atoms with Crippen LogP contribution in [0.3, 0.4) is 0 Å². The first-order chi connectivity index (χ1) is 14.8. The summed E-state index contributed by atoms with van der Waals surface area (Å²) in [5.74, 6) is 0.867. The van der Waals surface area contributed by atoms with Gasteiger partial charge in [-0.3, -0.25) is 4.79 Å². The molecule has 1 saturated heterocycles. The zero-order chi connectivity index (χ0) is 20.7. The van der Waals surface area contributed by atoms with Gasteiger partial charge in [0.05, 0.1) is 19.8 Å². The van der Waals surface area contributed by atoms with Crippen LogP contribution in [-0.2, 0) is 11.3 Å². The highest BCUT2D eigenvalue weighted by Crippen LogP contribution is 2.25. The maximum absolute atomic E-state index is 12.8. The number of morpholine rings is 1. The Morgan fingerprint density at radius 1 is 0.967 bits per heavy atom. The minimum Gasteiger partial charge on any atom is -0.489 e. The molecule has 160 valence electrons. The summed E-state index contributed by atoms with van der Waals surface area (Å²) in [5.41, 5.74) is 1.93. The number of benzene rings is 2. The molecule has 1 saturated carbocycles. The Balaban J connectivity index is 1.33. The predicted octanol–water partition coefficient (Wildman–Crippen LogP) is 2.61. The first-order valence-electron chi connectivity index (χ1n) is 11.2. The summed E-state index contributed by atoms with van der Waals surface area (Å²) in [7, 11) is 0. The van der Waals surface area contributed by atoms with Crippen molar-refractivity contribution in [2.24, 2.45) is 0 Å². The van der Waals surface area contributed by atoms with Crippen molar-refractivity contribution >= 4 is 5.91 Å². The van der Waals surface area contributed by atoms with Crippen LogP contribution in [0.2, 0.25) is 0 Å². The maximum atomic E-state index is 12.8. The Hall–Kier alpha value is -2.37. The van der Waals surface area contributed by atoms with Gasteiger partial charge in [0.1, 0.15) is 31.0 Å². The molecular formula is C25H33N2O3+. The van der Waals surface area contributed by atoms with Gasteiger partial charge in [0, 0.05) is 18.4 Å². The van der Waals surface area contributed by atoms with Gasteiger partial charge in [-0.25, -0.2) is 0 Å². The summed E-state index contributed by atoms with van der Waals surface area (Å²) in [6, 6.07) is 17.5. The summed E-state index contributed by atoms with van der Waals surface area (Å²) in [5, 5.41) is 3.25. The number of carbonyl (C=O) groups excluding carboxylic acids is 1. The molecule has 5 heteroatoms. The fourth-order valence-electron chi connectivity index (χ4n) is 4.82. The van der Waals surface area contributed by atoms with E-state index in [-0.39, 0.29) is 11.4 Å². The predicted molar refractivity (Wildman–Crippen MR) is 117 cm³/mol. The van der Waals surface area contributed by atoms with Crippen LogP contribution in [0.4, 0.5) is 0 Å². The fraction of sp³-hybridized carbons (Fsp3) is 0.480. The Kier molecular flexibility index (Phi) is 7.03.